The van der Waals surface area contributed by atoms with Crippen LogP contribution in [0.4, 0.5) is 0 Å². The van der Waals surface area contributed by atoms with Crippen LogP contribution in [-0.2, 0) is 9.53 Å². The van der Waals surface area contributed by atoms with E-state index >= 15 is 0 Å². The monoisotopic (exact) mass is 378 g/mol. The van der Waals surface area contributed by atoms with Crippen molar-refractivity contribution in [1.29, 1.82) is 0 Å². The number of pyridine rings is 1. The van der Waals surface area contributed by atoms with Crippen molar-refractivity contribution in [3.63, 3.8) is 0 Å². The second-order valence-electron chi connectivity index (χ2n) is 5.34. The molecule has 2 aromatic rings. The Morgan fingerprint density at radius 1 is 1.28 bits per heavy atom. The molecule has 132 valence electrons. The van der Waals surface area contributed by atoms with Crippen LogP contribution in [0.2, 0.25) is 5.02 Å². The van der Waals surface area contributed by atoms with Crippen LogP contribution in [0.15, 0.2) is 52.5 Å². The van der Waals surface area contributed by atoms with Crippen molar-refractivity contribution in [3.05, 3.63) is 53.2 Å². The van der Waals surface area contributed by atoms with Crippen molar-refractivity contribution in [2.24, 2.45) is 0 Å². The molecule has 1 heterocycles. The molecule has 0 aliphatic carbocycles. The fourth-order valence-corrected chi connectivity index (χ4v) is 3.03. The van der Waals surface area contributed by atoms with Gasteiger partial charge in [0.2, 0.25) is 0 Å². The van der Waals surface area contributed by atoms with Crippen LogP contribution in [-0.4, -0.2) is 29.5 Å². The van der Waals surface area contributed by atoms with Crippen molar-refractivity contribution >= 4 is 35.2 Å². The van der Waals surface area contributed by atoms with Gasteiger partial charge in [-0.15, -0.1) is 0 Å². The second kappa shape index (κ2) is 9.44. The molecular formula is C18H19ClN2O3S. The summed E-state index contributed by atoms with van der Waals surface area (Å²) < 4.78 is 5.11. The zero-order chi connectivity index (χ0) is 18.2. The molecule has 1 atom stereocenters. The molecule has 7 heteroatoms. The summed E-state index contributed by atoms with van der Waals surface area (Å²) in [6.07, 6.45) is 2.40. The van der Waals surface area contributed by atoms with Crippen LogP contribution in [0.25, 0.3) is 0 Å². The van der Waals surface area contributed by atoms with E-state index in [4.69, 9.17) is 16.3 Å². The highest BCUT2D eigenvalue weighted by Gasteiger charge is 2.17. The molecule has 1 aromatic carbocycles. The van der Waals surface area contributed by atoms with Crippen LogP contribution >= 0.6 is 23.4 Å². The number of aromatic nitrogens is 1. The molecule has 0 fully saturated rings. The van der Waals surface area contributed by atoms with E-state index in [-0.39, 0.29) is 18.6 Å². The number of rotatable bonds is 7. The maximum atomic E-state index is 12.3. The summed E-state index contributed by atoms with van der Waals surface area (Å²) in [5, 5.41) is 3.79. The Morgan fingerprint density at radius 3 is 2.76 bits per heavy atom. The number of benzene rings is 1. The van der Waals surface area contributed by atoms with Crippen molar-refractivity contribution in [2.75, 3.05) is 6.61 Å². The lowest BCUT2D eigenvalue weighted by Gasteiger charge is -2.12. The van der Waals surface area contributed by atoms with E-state index < -0.39 is 5.97 Å². The molecule has 25 heavy (non-hydrogen) atoms. The number of carbonyl (C=O) groups is 2. The van der Waals surface area contributed by atoms with Gasteiger partial charge in [-0.05, 0) is 37.6 Å². The van der Waals surface area contributed by atoms with Gasteiger partial charge in [0.15, 0.2) is 6.61 Å². The van der Waals surface area contributed by atoms with Crippen LogP contribution in [0.5, 0.6) is 0 Å². The van der Waals surface area contributed by atoms with Gasteiger partial charge < -0.3 is 10.1 Å². The number of hydrogen-bond donors (Lipinski definition) is 1. The van der Waals surface area contributed by atoms with Crippen molar-refractivity contribution in [2.45, 2.75) is 36.2 Å². The summed E-state index contributed by atoms with van der Waals surface area (Å²) >= 11 is 7.43. The Kier molecular flexibility index (Phi) is 7.28. The number of ether oxygens (including phenoxy) is 1. The van der Waals surface area contributed by atoms with Crippen LogP contribution < -0.4 is 5.32 Å². The Bertz CT molecular complexity index is 755. The smallest absolute Gasteiger partial charge is 0.341 e. The summed E-state index contributed by atoms with van der Waals surface area (Å²) in [4.78, 5) is 29.1. The van der Waals surface area contributed by atoms with E-state index in [9.17, 15) is 9.59 Å². The maximum absolute atomic E-state index is 12.3. The number of esters is 1. The summed E-state index contributed by atoms with van der Waals surface area (Å²) in [6, 6.07) is 10.6. The van der Waals surface area contributed by atoms with E-state index in [1.807, 2.05) is 32.0 Å². The number of carbonyl (C=O) groups excluding carboxylic acids is 2. The zero-order valence-electron chi connectivity index (χ0n) is 14.0. The SMILES string of the molecule is CC[C@@H](C)NC(=O)COC(=O)c1cccnc1Sc1ccccc1Cl. The highest BCUT2D eigenvalue weighted by Crippen LogP contribution is 2.33. The predicted octanol–water partition coefficient (Wildman–Crippen LogP) is 3.96. The summed E-state index contributed by atoms with van der Waals surface area (Å²) in [6.45, 7) is 3.53. The second-order valence-corrected chi connectivity index (χ2v) is 6.78. The van der Waals surface area contributed by atoms with E-state index in [2.05, 4.69) is 10.3 Å². The minimum atomic E-state index is -0.595. The van der Waals surface area contributed by atoms with Gasteiger partial charge in [0.1, 0.15) is 5.03 Å². The molecule has 2 rings (SSSR count). The van der Waals surface area contributed by atoms with E-state index in [0.29, 0.717) is 15.6 Å². The zero-order valence-corrected chi connectivity index (χ0v) is 15.6. The lowest BCUT2D eigenvalue weighted by Crippen LogP contribution is -2.35. The molecule has 0 saturated heterocycles. The third kappa shape index (κ3) is 5.76. The van der Waals surface area contributed by atoms with Gasteiger partial charge in [0.05, 0.1) is 10.6 Å². The first kappa shape index (κ1) is 19.3. The van der Waals surface area contributed by atoms with Crippen molar-refractivity contribution in [3.8, 4) is 0 Å². The number of amides is 1. The number of nitrogens with zero attached hydrogens (tertiary/aromatic N) is 1. The quantitative estimate of drug-likeness (QED) is 0.738. The van der Waals surface area contributed by atoms with Gasteiger partial charge in [-0.25, -0.2) is 9.78 Å². The first-order chi connectivity index (χ1) is 12.0. The first-order valence-electron chi connectivity index (χ1n) is 7.85. The molecule has 1 N–H and O–H groups in total. The highest BCUT2D eigenvalue weighted by molar-refractivity contribution is 7.99. The normalized spacial score (nSPS) is 11.6. The minimum Gasteiger partial charge on any atom is -0.452 e. The Hall–Kier alpha value is -2.05. The third-order valence-corrected chi connectivity index (χ3v) is 4.92. The van der Waals surface area contributed by atoms with E-state index in [1.165, 1.54) is 11.8 Å². The Labute approximate surface area is 156 Å². The molecule has 0 saturated carbocycles. The Balaban J connectivity index is 2.05. The summed E-state index contributed by atoms with van der Waals surface area (Å²) in [5.74, 6) is -0.922. The van der Waals surface area contributed by atoms with Crippen molar-refractivity contribution in [1.82, 2.24) is 10.3 Å². The molecular weight excluding hydrogens is 360 g/mol. The largest absolute Gasteiger partial charge is 0.452 e. The standard InChI is InChI=1S/C18H19ClN2O3S/c1-3-12(2)21-16(22)11-24-18(23)13-7-6-10-20-17(13)25-15-9-5-4-8-14(15)19/h4-10,12H,3,11H2,1-2H3,(H,21,22)/t12-/m1/s1. The van der Waals surface area contributed by atoms with Crippen LogP contribution in [0.1, 0.15) is 30.6 Å². The molecule has 0 unspecified atom stereocenters. The maximum Gasteiger partial charge on any atom is 0.341 e. The van der Waals surface area contributed by atoms with Crippen LogP contribution in [0.3, 0.4) is 0 Å². The molecule has 0 bridgehead atoms. The van der Waals surface area contributed by atoms with Crippen LogP contribution in [0, 0.1) is 0 Å². The lowest BCUT2D eigenvalue weighted by atomic mass is 10.2. The highest BCUT2D eigenvalue weighted by atomic mass is 35.5. The first-order valence-corrected chi connectivity index (χ1v) is 9.04. The van der Waals surface area contributed by atoms with E-state index in [0.717, 1.165) is 11.3 Å². The van der Waals surface area contributed by atoms with Gasteiger partial charge in [-0.2, -0.15) is 0 Å². The molecule has 0 aliphatic rings. The average Bonchev–Trinajstić information content (AvgIpc) is 2.62. The molecule has 0 aliphatic heterocycles. The van der Waals surface area contributed by atoms with Gasteiger partial charge >= 0.3 is 5.97 Å². The third-order valence-electron chi connectivity index (χ3n) is 3.39. The van der Waals surface area contributed by atoms with Crippen molar-refractivity contribution < 1.29 is 14.3 Å². The number of halogens is 1. The van der Waals surface area contributed by atoms with Gasteiger partial charge in [-0.3, -0.25) is 4.79 Å². The van der Waals surface area contributed by atoms with Gasteiger partial charge in [0.25, 0.3) is 5.91 Å². The van der Waals surface area contributed by atoms with E-state index in [1.54, 1.807) is 24.4 Å². The van der Waals surface area contributed by atoms with Gasteiger partial charge in [0, 0.05) is 17.1 Å². The molecule has 1 amide bonds. The molecule has 1 aromatic heterocycles. The fourth-order valence-electron chi connectivity index (χ4n) is 1.89. The average molecular weight is 379 g/mol. The predicted molar refractivity (Wildman–Crippen MR) is 98.0 cm³/mol. The van der Waals surface area contributed by atoms with Gasteiger partial charge in [-0.1, -0.05) is 42.4 Å². The topological polar surface area (TPSA) is 68.3 Å². The molecule has 5 nitrogen and oxygen atoms in total. The molecule has 0 radical (unpaired) electrons. The Morgan fingerprint density at radius 2 is 2.04 bits per heavy atom. The summed E-state index contributed by atoms with van der Waals surface area (Å²) in [7, 11) is 0. The fraction of sp³-hybridized carbons (Fsp3) is 0.278. The summed E-state index contributed by atoms with van der Waals surface area (Å²) in [5.41, 5.74) is 0.295. The number of nitrogens with one attached hydrogen (secondary N) is 1. The lowest BCUT2D eigenvalue weighted by molar-refractivity contribution is -0.124. The minimum absolute atomic E-state index is 0.0379. The number of hydrogen-bond acceptors (Lipinski definition) is 5. The molecule has 0 spiro atoms.